The highest BCUT2D eigenvalue weighted by molar-refractivity contribution is 7.90. The highest BCUT2D eigenvalue weighted by Gasteiger charge is 2.31. The zero-order chi connectivity index (χ0) is 22.4. The van der Waals surface area contributed by atoms with Gasteiger partial charge in [-0.05, 0) is 55.7 Å². The van der Waals surface area contributed by atoms with Crippen LogP contribution in [0.5, 0.6) is 5.75 Å². The normalized spacial score (nSPS) is 16.4. The van der Waals surface area contributed by atoms with Crippen LogP contribution in [-0.4, -0.2) is 39.4 Å². The number of amidine groups is 1. The van der Waals surface area contributed by atoms with Crippen molar-refractivity contribution in [3.05, 3.63) is 59.2 Å². The van der Waals surface area contributed by atoms with E-state index in [-0.39, 0.29) is 16.6 Å². The van der Waals surface area contributed by atoms with Crippen molar-refractivity contribution < 1.29 is 17.9 Å². The van der Waals surface area contributed by atoms with Gasteiger partial charge in [0.05, 0.1) is 11.4 Å². The lowest BCUT2D eigenvalue weighted by atomic mass is 10.1. The summed E-state index contributed by atoms with van der Waals surface area (Å²) in [5, 5.41) is 2.86. The van der Waals surface area contributed by atoms with Gasteiger partial charge in [0.1, 0.15) is 24.2 Å². The summed E-state index contributed by atoms with van der Waals surface area (Å²) in [7, 11) is -3.64. The molecule has 1 heterocycles. The molecule has 0 saturated heterocycles. The number of hydrogen-bond acceptors (Lipinski definition) is 5. The standard InChI is InChI=1S/C23H29N3O4S/c1-4-5-9-20(25-22-19-8-6-7-10-21(19)31(28,29)26-22)23(27)24-11-12-30-18-14-16(2)13-17(3)15-18/h6-8,10,13-15,20H,4-5,9,11-12H2,1-3H3,(H,24,27)(H,25,26). The second kappa shape index (κ2) is 9.96. The number of benzene rings is 2. The number of rotatable bonds is 9. The van der Waals surface area contributed by atoms with Crippen LogP contribution in [-0.2, 0) is 14.8 Å². The Bertz CT molecular complexity index is 1060. The largest absolute Gasteiger partial charge is 0.492 e. The van der Waals surface area contributed by atoms with Gasteiger partial charge in [-0.2, -0.15) is 0 Å². The summed E-state index contributed by atoms with van der Waals surface area (Å²) in [5.41, 5.74) is 2.73. The van der Waals surface area contributed by atoms with Gasteiger partial charge in [0.15, 0.2) is 0 Å². The molecule has 2 aromatic rings. The quantitative estimate of drug-likeness (QED) is 0.582. The molecule has 0 radical (unpaired) electrons. The van der Waals surface area contributed by atoms with E-state index in [1.807, 2.05) is 32.9 Å². The third-order valence-electron chi connectivity index (χ3n) is 4.95. The van der Waals surface area contributed by atoms with Gasteiger partial charge in [0.2, 0.25) is 5.91 Å². The highest BCUT2D eigenvalue weighted by Crippen LogP contribution is 2.23. The number of carbonyl (C=O) groups excluding carboxylic acids is 1. The van der Waals surface area contributed by atoms with E-state index in [4.69, 9.17) is 4.74 Å². The molecule has 7 nitrogen and oxygen atoms in total. The molecule has 166 valence electrons. The van der Waals surface area contributed by atoms with Gasteiger partial charge in [0, 0.05) is 5.56 Å². The van der Waals surface area contributed by atoms with E-state index in [1.165, 1.54) is 6.07 Å². The summed E-state index contributed by atoms with van der Waals surface area (Å²) in [6.07, 6.45) is 2.25. The summed E-state index contributed by atoms with van der Waals surface area (Å²) in [6, 6.07) is 11.9. The fourth-order valence-electron chi connectivity index (χ4n) is 3.51. The number of sulfonamides is 1. The first-order valence-corrected chi connectivity index (χ1v) is 12.0. The lowest BCUT2D eigenvalue weighted by molar-refractivity contribution is -0.122. The van der Waals surface area contributed by atoms with E-state index in [0.29, 0.717) is 25.1 Å². The van der Waals surface area contributed by atoms with Crippen LogP contribution in [0.15, 0.2) is 52.4 Å². The van der Waals surface area contributed by atoms with Crippen molar-refractivity contribution in [2.75, 3.05) is 13.2 Å². The second-order valence-electron chi connectivity index (χ2n) is 7.70. The molecule has 1 unspecified atom stereocenters. The Labute approximate surface area is 184 Å². The minimum atomic E-state index is -3.64. The zero-order valence-corrected chi connectivity index (χ0v) is 19.0. The Hall–Kier alpha value is -2.87. The number of unbranched alkanes of at least 4 members (excludes halogenated alkanes) is 1. The predicted molar refractivity (Wildman–Crippen MR) is 121 cm³/mol. The molecule has 1 aliphatic heterocycles. The number of fused-ring (bicyclic) bond motifs is 1. The molecule has 0 bridgehead atoms. The van der Waals surface area contributed by atoms with Crippen molar-refractivity contribution >= 4 is 21.8 Å². The van der Waals surface area contributed by atoms with Crippen LogP contribution in [0.2, 0.25) is 0 Å². The van der Waals surface area contributed by atoms with Gasteiger partial charge >= 0.3 is 0 Å². The lowest BCUT2D eigenvalue weighted by Gasteiger charge is -2.14. The molecule has 0 fully saturated rings. The number of nitrogens with one attached hydrogen (secondary N) is 2. The average molecular weight is 444 g/mol. The van der Waals surface area contributed by atoms with Crippen LogP contribution in [0.3, 0.4) is 0 Å². The Morgan fingerprint density at radius 1 is 1.16 bits per heavy atom. The molecule has 0 aliphatic carbocycles. The van der Waals surface area contributed by atoms with E-state index >= 15 is 0 Å². The minimum Gasteiger partial charge on any atom is -0.492 e. The molecule has 3 rings (SSSR count). The van der Waals surface area contributed by atoms with Gasteiger partial charge in [-0.1, -0.05) is 38.0 Å². The molecule has 31 heavy (non-hydrogen) atoms. The van der Waals surface area contributed by atoms with Gasteiger partial charge < -0.3 is 10.1 Å². The summed E-state index contributed by atoms with van der Waals surface area (Å²) in [6.45, 7) is 6.72. The van der Waals surface area contributed by atoms with Crippen molar-refractivity contribution in [1.82, 2.24) is 10.0 Å². The first-order valence-electron chi connectivity index (χ1n) is 10.5. The lowest BCUT2D eigenvalue weighted by Crippen LogP contribution is -2.37. The fraction of sp³-hybridized carbons (Fsp3) is 0.391. The molecule has 8 heteroatoms. The minimum absolute atomic E-state index is 0.185. The molecule has 0 spiro atoms. The predicted octanol–water partition coefficient (Wildman–Crippen LogP) is 3.10. The van der Waals surface area contributed by atoms with Gasteiger partial charge in [-0.25, -0.2) is 8.42 Å². The monoisotopic (exact) mass is 443 g/mol. The van der Waals surface area contributed by atoms with Crippen LogP contribution >= 0.6 is 0 Å². The number of carbonyl (C=O) groups is 1. The van der Waals surface area contributed by atoms with E-state index in [9.17, 15) is 13.2 Å². The molecule has 2 N–H and O–H groups in total. The first kappa shape index (κ1) is 22.8. The van der Waals surface area contributed by atoms with E-state index < -0.39 is 16.1 Å². The van der Waals surface area contributed by atoms with Crippen molar-refractivity contribution in [3.8, 4) is 5.75 Å². The summed E-state index contributed by atoms with van der Waals surface area (Å²) < 4.78 is 32.8. The molecule has 1 atom stereocenters. The van der Waals surface area contributed by atoms with Gasteiger partial charge in [-0.3, -0.25) is 14.5 Å². The number of nitrogens with zero attached hydrogens (tertiary/aromatic N) is 1. The van der Waals surface area contributed by atoms with Crippen LogP contribution in [0.1, 0.15) is 42.9 Å². The molecule has 0 aromatic heterocycles. The Morgan fingerprint density at radius 2 is 1.87 bits per heavy atom. The second-order valence-corrected chi connectivity index (χ2v) is 9.35. The third-order valence-corrected chi connectivity index (χ3v) is 6.34. The Morgan fingerprint density at radius 3 is 2.58 bits per heavy atom. The molecule has 1 aliphatic rings. The number of ether oxygens (including phenoxy) is 1. The van der Waals surface area contributed by atoms with E-state index in [1.54, 1.807) is 18.2 Å². The molecular weight excluding hydrogens is 414 g/mol. The van der Waals surface area contributed by atoms with Gasteiger partial charge in [-0.15, -0.1) is 0 Å². The molecule has 0 saturated carbocycles. The smallest absolute Gasteiger partial charge is 0.263 e. The maximum atomic E-state index is 12.8. The van der Waals surface area contributed by atoms with Crippen molar-refractivity contribution in [1.29, 1.82) is 0 Å². The molecule has 1 amide bonds. The van der Waals surface area contributed by atoms with Crippen LogP contribution in [0.25, 0.3) is 0 Å². The van der Waals surface area contributed by atoms with E-state index in [0.717, 1.165) is 29.7 Å². The Kier molecular flexibility index (Phi) is 7.33. The zero-order valence-electron chi connectivity index (χ0n) is 18.1. The summed E-state index contributed by atoms with van der Waals surface area (Å²) in [4.78, 5) is 17.4. The third kappa shape index (κ3) is 5.85. The average Bonchev–Trinajstić information content (AvgIpc) is 2.98. The number of aliphatic imine (C=N–C) groups is 1. The number of amides is 1. The van der Waals surface area contributed by atoms with E-state index in [2.05, 4.69) is 21.1 Å². The van der Waals surface area contributed by atoms with Crippen LogP contribution in [0, 0.1) is 13.8 Å². The maximum absolute atomic E-state index is 12.8. The van der Waals surface area contributed by atoms with Crippen LogP contribution in [0.4, 0.5) is 0 Å². The van der Waals surface area contributed by atoms with Crippen molar-refractivity contribution in [3.63, 3.8) is 0 Å². The molecule has 2 aromatic carbocycles. The first-order chi connectivity index (χ1) is 14.8. The van der Waals surface area contributed by atoms with Crippen LogP contribution < -0.4 is 14.8 Å². The van der Waals surface area contributed by atoms with Crippen molar-refractivity contribution in [2.24, 2.45) is 4.99 Å². The number of hydrogen-bond donors (Lipinski definition) is 2. The Balaban J connectivity index is 1.65. The molecular formula is C23H29N3O4S. The number of aryl methyl sites for hydroxylation is 2. The fourth-order valence-corrected chi connectivity index (χ4v) is 4.75. The van der Waals surface area contributed by atoms with Gasteiger partial charge in [0.25, 0.3) is 10.0 Å². The highest BCUT2D eigenvalue weighted by atomic mass is 32.2. The van der Waals surface area contributed by atoms with Crippen molar-refractivity contribution in [2.45, 2.75) is 51.0 Å². The topological polar surface area (TPSA) is 96.9 Å². The summed E-state index contributed by atoms with van der Waals surface area (Å²) >= 11 is 0. The SMILES string of the molecule is CCCCC(N=C1NS(=O)(=O)c2ccccc21)C(=O)NCCOc1cc(C)cc(C)c1. The maximum Gasteiger partial charge on any atom is 0.263 e. The summed E-state index contributed by atoms with van der Waals surface area (Å²) in [5.74, 6) is 0.749.